The lowest BCUT2D eigenvalue weighted by Crippen LogP contribution is -2.32. The number of carbonyl (C=O) groups excluding carboxylic acids is 1. The molecule has 0 bridgehead atoms. The Bertz CT molecular complexity index is 1740. The summed E-state index contributed by atoms with van der Waals surface area (Å²) in [5.41, 5.74) is 1.17. The molecule has 0 aliphatic heterocycles. The predicted molar refractivity (Wildman–Crippen MR) is 150 cm³/mol. The van der Waals surface area contributed by atoms with Crippen LogP contribution in [0, 0.1) is 12.4 Å². The van der Waals surface area contributed by atoms with Crippen LogP contribution in [-0.4, -0.2) is 32.6 Å². The summed E-state index contributed by atoms with van der Waals surface area (Å²) in [6.45, 7) is 13.2. The number of aromatic amines is 1. The largest absolute Gasteiger partial charge is 0.501 e. The summed E-state index contributed by atoms with van der Waals surface area (Å²) in [6, 6.07) is 6.50. The van der Waals surface area contributed by atoms with Crippen LogP contribution in [0.2, 0.25) is 5.02 Å². The molecule has 0 unspecified atom stereocenters. The van der Waals surface area contributed by atoms with E-state index in [2.05, 4.69) is 20.2 Å². The van der Waals surface area contributed by atoms with E-state index in [9.17, 15) is 9.59 Å². The van der Waals surface area contributed by atoms with Gasteiger partial charge in [0.1, 0.15) is 17.2 Å². The molecule has 1 fully saturated rings. The van der Waals surface area contributed by atoms with Crippen LogP contribution in [-0.2, 0) is 18.3 Å². The third kappa shape index (κ3) is 5.38. The van der Waals surface area contributed by atoms with Gasteiger partial charge in [0.15, 0.2) is 0 Å². The number of nitrogens with zero attached hydrogens (tertiary/aromatic N) is 3. The fraction of sp³-hybridized carbons (Fsp3) is 0.310. The van der Waals surface area contributed by atoms with E-state index in [0.717, 1.165) is 12.8 Å². The average molecular weight is 564 g/mol. The molecular formula is C29H27ClFN5O4. The number of amides is 1. The van der Waals surface area contributed by atoms with Gasteiger partial charge in [-0.1, -0.05) is 17.7 Å². The molecule has 0 radical (unpaired) electrons. The van der Waals surface area contributed by atoms with Crippen molar-refractivity contribution in [2.45, 2.75) is 51.9 Å². The third-order valence-corrected chi connectivity index (χ3v) is 6.66. The first-order valence-corrected chi connectivity index (χ1v) is 13.0. The first-order valence-electron chi connectivity index (χ1n) is 12.7. The lowest BCUT2D eigenvalue weighted by atomic mass is 9.96. The number of hydrogen-bond acceptors (Lipinski definition) is 5. The van der Waals surface area contributed by atoms with Crippen molar-refractivity contribution in [2.24, 2.45) is 7.05 Å². The van der Waals surface area contributed by atoms with E-state index in [1.807, 2.05) is 0 Å². The van der Waals surface area contributed by atoms with Crippen molar-refractivity contribution in [2.75, 3.05) is 0 Å². The van der Waals surface area contributed by atoms with E-state index in [-0.39, 0.29) is 40.2 Å². The van der Waals surface area contributed by atoms with Crippen molar-refractivity contribution in [3.05, 3.63) is 74.8 Å². The number of fused-ring (bicyclic) bond motifs is 1. The summed E-state index contributed by atoms with van der Waals surface area (Å²) >= 11 is 6.27. The fourth-order valence-electron chi connectivity index (χ4n) is 4.43. The minimum absolute atomic E-state index is 0.00836. The number of H-pyrrole nitrogens is 1. The maximum absolute atomic E-state index is 15.6. The van der Waals surface area contributed by atoms with Crippen molar-refractivity contribution in [3.8, 4) is 28.1 Å². The van der Waals surface area contributed by atoms with E-state index < -0.39 is 17.5 Å². The highest BCUT2D eigenvalue weighted by molar-refractivity contribution is 6.31. The summed E-state index contributed by atoms with van der Waals surface area (Å²) < 4.78 is 28.3. The number of alkyl carbamates (subject to hydrolysis) is 1. The molecule has 1 amide bonds. The van der Waals surface area contributed by atoms with Gasteiger partial charge in [-0.25, -0.2) is 14.0 Å². The number of ether oxygens (including phenoxy) is 2. The molecule has 2 heterocycles. The van der Waals surface area contributed by atoms with Gasteiger partial charge in [0.2, 0.25) is 5.69 Å². The Balaban J connectivity index is 1.61. The van der Waals surface area contributed by atoms with E-state index >= 15 is 4.39 Å². The summed E-state index contributed by atoms with van der Waals surface area (Å²) in [5, 5.41) is 7.90. The first kappa shape index (κ1) is 27.2. The number of rotatable bonds is 6. The van der Waals surface area contributed by atoms with Gasteiger partial charge in [0.25, 0.3) is 5.56 Å². The highest BCUT2D eigenvalue weighted by Gasteiger charge is 2.30. The number of pyridine rings is 1. The van der Waals surface area contributed by atoms with E-state index in [1.165, 1.54) is 16.9 Å². The molecule has 2 aromatic carbocycles. The Hall–Kier alpha value is -4.36. The zero-order valence-electron chi connectivity index (χ0n) is 22.4. The van der Waals surface area contributed by atoms with E-state index in [0.29, 0.717) is 33.2 Å². The highest BCUT2D eigenvalue weighted by atomic mass is 35.5. The predicted octanol–water partition coefficient (Wildman–Crippen LogP) is 6.50. The van der Waals surface area contributed by atoms with Gasteiger partial charge >= 0.3 is 6.09 Å². The number of aryl methyl sites for hydroxylation is 1. The van der Waals surface area contributed by atoms with Gasteiger partial charge in [-0.3, -0.25) is 9.48 Å². The number of aromatic nitrogens is 3. The third-order valence-electron chi connectivity index (χ3n) is 6.38. The second-order valence-electron chi connectivity index (χ2n) is 10.6. The number of nitrogens with one attached hydrogen (secondary N) is 2. The monoisotopic (exact) mass is 563 g/mol. The molecular weight excluding hydrogens is 537 g/mol. The summed E-state index contributed by atoms with van der Waals surface area (Å²) in [5.74, 6) is -0.522. The van der Waals surface area contributed by atoms with Crippen LogP contribution in [0.15, 0.2) is 41.5 Å². The molecule has 0 saturated heterocycles. The minimum Gasteiger partial charge on any atom is -0.501 e. The average Bonchev–Trinajstić information content (AvgIpc) is 3.63. The molecule has 0 spiro atoms. The Labute approximate surface area is 234 Å². The number of hydrogen-bond donors (Lipinski definition) is 2. The van der Waals surface area contributed by atoms with E-state index in [1.54, 1.807) is 52.2 Å². The van der Waals surface area contributed by atoms with Crippen LogP contribution in [0.3, 0.4) is 0 Å². The molecule has 4 aromatic rings. The zero-order chi connectivity index (χ0) is 28.8. The van der Waals surface area contributed by atoms with Crippen LogP contribution in [0.25, 0.3) is 38.0 Å². The normalized spacial score (nSPS) is 13.2. The highest BCUT2D eigenvalue weighted by Crippen LogP contribution is 2.47. The lowest BCUT2D eigenvalue weighted by molar-refractivity contribution is 0.0523. The first-order chi connectivity index (χ1) is 19.0. The zero-order valence-corrected chi connectivity index (χ0v) is 23.1. The SMILES string of the molecule is [C-]#[N+]c1c(OC2CC2)cc(Cl)c(F)c1-c1c(-c2ccc3c(=O)[nH]cc(CNC(=O)OC(C)(C)C)c3c2)cnn1C. The summed E-state index contributed by atoms with van der Waals surface area (Å²) in [4.78, 5) is 31.2. The maximum Gasteiger partial charge on any atom is 0.407 e. The van der Waals surface area contributed by atoms with Crippen molar-refractivity contribution in [1.82, 2.24) is 20.1 Å². The quantitative estimate of drug-likeness (QED) is 0.261. The van der Waals surface area contributed by atoms with Gasteiger partial charge in [0, 0.05) is 36.3 Å². The molecule has 1 aliphatic rings. The summed E-state index contributed by atoms with van der Waals surface area (Å²) in [6.07, 6.45) is 4.21. The Kier molecular flexibility index (Phi) is 7.02. The van der Waals surface area contributed by atoms with Gasteiger partial charge in [-0.2, -0.15) is 5.10 Å². The standard InChI is InChI=1S/C29H27ClFN5O4/c1-29(2,3)40-28(38)34-13-16-12-33-27(37)18-9-6-15(10-19(16)18)20-14-35-36(5)26(20)23-24(31)21(30)11-22(25(23)32-4)39-17-7-8-17/h6,9-12,14,17H,7-8,13H2,1-3,5H3,(H,33,37)(H,34,38). The maximum atomic E-state index is 15.6. The molecule has 1 aliphatic carbocycles. The Morgan fingerprint density at radius 3 is 2.73 bits per heavy atom. The van der Waals surface area contributed by atoms with Crippen molar-refractivity contribution in [3.63, 3.8) is 0 Å². The smallest absolute Gasteiger partial charge is 0.407 e. The second kappa shape index (κ2) is 10.3. The molecule has 2 N–H and O–H groups in total. The fourth-order valence-corrected chi connectivity index (χ4v) is 4.63. The molecule has 40 heavy (non-hydrogen) atoms. The number of benzene rings is 2. The molecule has 0 atom stereocenters. The number of halogens is 2. The Morgan fingerprint density at radius 2 is 2.05 bits per heavy atom. The lowest BCUT2D eigenvalue weighted by Gasteiger charge is -2.20. The van der Waals surface area contributed by atoms with Gasteiger partial charge in [-0.05, 0) is 68.3 Å². The minimum atomic E-state index is -0.750. The van der Waals surface area contributed by atoms with Crippen molar-refractivity contribution >= 4 is 34.2 Å². The molecule has 9 nitrogen and oxygen atoms in total. The number of carbonyl (C=O) groups is 1. The molecule has 206 valence electrons. The molecule has 5 rings (SSSR count). The van der Waals surface area contributed by atoms with Crippen molar-refractivity contribution in [1.29, 1.82) is 0 Å². The molecule has 1 saturated carbocycles. The van der Waals surface area contributed by atoms with Crippen LogP contribution < -0.4 is 15.6 Å². The second-order valence-corrected chi connectivity index (χ2v) is 11.0. The van der Waals surface area contributed by atoms with Gasteiger partial charge in [0.05, 0.1) is 29.6 Å². The Morgan fingerprint density at radius 1 is 1.30 bits per heavy atom. The summed E-state index contributed by atoms with van der Waals surface area (Å²) in [7, 11) is 1.65. The van der Waals surface area contributed by atoms with Crippen LogP contribution in [0.4, 0.5) is 14.9 Å². The molecule has 11 heteroatoms. The topological polar surface area (TPSA) is 103 Å². The van der Waals surface area contributed by atoms with Gasteiger partial charge in [-0.15, -0.1) is 0 Å². The van der Waals surface area contributed by atoms with Crippen molar-refractivity contribution < 1.29 is 18.7 Å². The van der Waals surface area contributed by atoms with Crippen LogP contribution in [0.5, 0.6) is 5.75 Å². The van der Waals surface area contributed by atoms with Crippen LogP contribution >= 0.6 is 11.6 Å². The molecule has 2 aromatic heterocycles. The van der Waals surface area contributed by atoms with E-state index in [4.69, 9.17) is 27.6 Å². The van der Waals surface area contributed by atoms with Gasteiger partial charge < -0.3 is 19.8 Å². The van der Waals surface area contributed by atoms with Crippen LogP contribution in [0.1, 0.15) is 39.2 Å².